The minimum Gasteiger partial charge on any atom is -0.481 e. The van der Waals surface area contributed by atoms with Crippen molar-refractivity contribution >= 4 is 5.95 Å². The van der Waals surface area contributed by atoms with Crippen LogP contribution in [0.15, 0.2) is 30.5 Å². The van der Waals surface area contributed by atoms with E-state index in [4.69, 9.17) is 14.2 Å². The van der Waals surface area contributed by atoms with Gasteiger partial charge in [0, 0.05) is 44.5 Å². The Bertz CT molecular complexity index is 747. The first-order chi connectivity index (χ1) is 12.2. The van der Waals surface area contributed by atoms with Crippen LogP contribution >= 0.6 is 0 Å². The zero-order chi connectivity index (χ0) is 17.2. The van der Waals surface area contributed by atoms with E-state index in [9.17, 15) is 0 Å². The van der Waals surface area contributed by atoms with Crippen LogP contribution in [0.3, 0.4) is 0 Å². The summed E-state index contributed by atoms with van der Waals surface area (Å²) in [5.74, 6) is 3.00. The van der Waals surface area contributed by atoms with Gasteiger partial charge in [-0.1, -0.05) is 6.07 Å². The van der Waals surface area contributed by atoms with E-state index in [2.05, 4.69) is 38.8 Å². The Kier molecular flexibility index (Phi) is 4.31. The molecular formula is C18H22N4O3. The lowest BCUT2D eigenvalue weighted by molar-refractivity contribution is 0.173. The second kappa shape index (κ2) is 6.76. The normalized spacial score (nSPS) is 18.2. The van der Waals surface area contributed by atoms with Gasteiger partial charge in [0.1, 0.15) is 0 Å². The van der Waals surface area contributed by atoms with Gasteiger partial charge in [-0.2, -0.15) is 4.98 Å². The standard InChI is InChI=1S/C18H22N4O3/c1-13(14-3-4-15-16(11-14)25-12-24-15)21-7-9-22(10-8-21)18-19-6-5-17(20-18)23-2/h3-6,11,13H,7-10,12H2,1-2H3. The van der Waals surface area contributed by atoms with Crippen LogP contribution in [0.2, 0.25) is 0 Å². The third-order valence-electron chi connectivity index (χ3n) is 4.85. The van der Waals surface area contributed by atoms with Gasteiger partial charge in [-0.3, -0.25) is 4.90 Å². The summed E-state index contributed by atoms with van der Waals surface area (Å²) >= 11 is 0. The van der Waals surface area contributed by atoms with Crippen molar-refractivity contribution in [1.29, 1.82) is 0 Å². The number of fused-ring (bicyclic) bond motifs is 1. The van der Waals surface area contributed by atoms with Crippen LogP contribution in [-0.4, -0.2) is 54.9 Å². The van der Waals surface area contributed by atoms with Crippen LogP contribution in [0.5, 0.6) is 17.4 Å². The van der Waals surface area contributed by atoms with E-state index in [1.165, 1.54) is 5.56 Å². The van der Waals surface area contributed by atoms with Crippen molar-refractivity contribution in [2.45, 2.75) is 13.0 Å². The molecule has 0 N–H and O–H groups in total. The Labute approximate surface area is 147 Å². The molecule has 7 nitrogen and oxygen atoms in total. The third kappa shape index (κ3) is 3.19. The van der Waals surface area contributed by atoms with Crippen LogP contribution < -0.4 is 19.1 Å². The Balaban J connectivity index is 1.41. The zero-order valence-corrected chi connectivity index (χ0v) is 14.5. The summed E-state index contributed by atoms with van der Waals surface area (Å²) < 4.78 is 16.1. The van der Waals surface area contributed by atoms with Gasteiger partial charge in [-0.25, -0.2) is 4.98 Å². The minimum atomic E-state index is 0.312. The van der Waals surface area contributed by atoms with Crippen LogP contribution in [0, 0.1) is 0 Å². The second-order valence-electron chi connectivity index (χ2n) is 6.21. The van der Waals surface area contributed by atoms with E-state index in [0.29, 0.717) is 18.7 Å². The van der Waals surface area contributed by atoms with E-state index >= 15 is 0 Å². The molecule has 2 aromatic rings. The number of ether oxygens (including phenoxy) is 3. The third-order valence-corrected chi connectivity index (χ3v) is 4.85. The molecule has 1 aromatic heterocycles. The number of anilines is 1. The number of hydrogen-bond acceptors (Lipinski definition) is 7. The van der Waals surface area contributed by atoms with Crippen molar-refractivity contribution in [2.24, 2.45) is 0 Å². The molecule has 0 amide bonds. The predicted octanol–water partition coefficient (Wildman–Crippen LogP) is 2.10. The molecule has 0 saturated carbocycles. The summed E-state index contributed by atoms with van der Waals surface area (Å²) in [5, 5.41) is 0. The highest BCUT2D eigenvalue weighted by atomic mass is 16.7. The van der Waals surface area contributed by atoms with Gasteiger partial charge in [-0.05, 0) is 24.6 Å². The summed E-state index contributed by atoms with van der Waals surface area (Å²) in [6.45, 7) is 6.23. The van der Waals surface area contributed by atoms with Crippen molar-refractivity contribution in [3.8, 4) is 17.4 Å². The molecule has 1 atom stereocenters. The first-order valence-electron chi connectivity index (χ1n) is 8.50. The minimum absolute atomic E-state index is 0.312. The van der Waals surface area contributed by atoms with Crippen molar-refractivity contribution < 1.29 is 14.2 Å². The maximum Gasteiger partial charge on any atom is 0.231 e. The van der Waals surface area contributed by atoms with Crippen molar-refractivity contribution in [1.82, 2.24) is 14.9 Å². The molecule has 132 valence electrons. The lowest BCUT2D eigenvalue weighted by atomic mass is 10.1. The zero-order valence-electron chi connectivity index (χ0n) is 14.5. The topological polar surface area (TPSA) is 60.0 Å². The lowest BCUT2D eigenvalue weighted by Gasteiger charge is -2.38. The molecule has 4 rings (SSSR count). The van der Waals surface area contributed by atoms with Crippen molar-refractivity contribution in [3.05, 3.63) is 36.0 Å². The molecule has 1 saturated heterocycles. The number of aromatic nitrogens is 2. The van der Waals surface area contributed by atoms with Gasteiger partial charge in [0.15, 0.2) is 11.5 Å². The molecule has 1 aromatic carbocycles. The SMILES string of the molecule is COc1ccnc(N2CCN(C(C)c3ccc4c(c3)OCO4)CC2)n1. The lowest BCUT2D eigenvalue weighted by Crippen LogP contribution is -2.47. The number of methoxy groups -OCH3 is 1. The van der Waals surface area contributed by atoms with Gasteiger partial charge in [0.2, 0.25) is 18.6 Å². The summed E-state index contributed by atoms with van der Waals surface area (Å²) in [7, 11) is 1.62. The molecular weight excluding hydrogens is 320 g/mol. The Hall–Kier alpha value is -2.54. The average Bonchev–Trinajstić information content (AvgIpc) is 3.15. The quantitative estimate of drug-likeness (QED) is 0.843. The molecule has 25 heavy (non-hydrogen) atoms. The second-order valence-corrected chi connectivity index (χ2v) is 6.21. The smallest absolute Gasteiger partial charge is 0.231 e. The van der Waals surface area contributed by atoms with E-state index in [1.807, 2.05) is 6.07 Å². The largest absolute Gasteiger partial charge is 0.481 e. The van der Waals surface area contributed by atoms with Crippen molar-refractivity contribution in [2.75, 3.05) is 45.0 Å². The van der Waals surface area contributed by atoms with E-state index < -0.39 is 0 Å². The first kappa shape index (κ1) is 16.0. The highest BCUT2D eigenvalue weighted by Crippen LogP contribution is 2.35. The van der Waals surface area contributed by atoms with Gasteiger partial charge >= 0.3 is 0 Å². The molecule has 0 radical (unpaired) electrons. The van der Waals surface area contributed by atoms with E-state index in [0.717, 1.165) is 43.6 Å². The summed E-state index contributed by atoms with van der Waals surface area (Å²) in [4.78, 5) is 13.5. The van der Waals surface area contributed by atoms with E-state index in [1.54, 1.807) is 19.4 Å². The summed E-state index contributed by atoms with van der Waals surface area (Å²) in [5.41, 5.74) is 1.25. The Morgan fingerprint density at radius 3 is 2.68 bits per heavy atom. The molecule has 0 spiro atoms. The number of rotatable bonds is 4. The predicted molar refractivity (Wildman–Crippen MR) is 93.4 cm³/mol. The molecule has 0 bridgehead atoms. The van der Waals surface area contributed by atoms with E-state index in [-0.39, 0.29) is 0 Å². The molecule has 2 aliphatic heterocycles. The molecule has 2 aliphatic rings. The van der Waals surface area contributed by atoms with Crippen molar-refractivity contribution in [3.63, 3.8) is 0 Å². The fourth-order valence-corrected chi connectivity index (χ4v) is 3.29. The molecule has 7 heteroatoms. The van der Waals surface area contributed by atoms with Crippen LogP contribution in [0.4, 0.5) is 5.95 Å². The van der Waals surface area contributed by atoms with Gasteiger partial charge in [0.25, 0.3) is 0 Å². The number of nitrogens with zero attached hydrogens (tertiary/aromatic N) is 4. The van der Waals surface area contributed by atoms with Gasteiger partial charge < -0.3 is 19.1 Å². The first-order valence-corrected chi connectivity index (χ1v) is 8.50. The van der Waals surface area contributed by atoms with Crippen LogP contribution in [-0.2, 0) is 0 Å². The van der Waals surface area contributed by atoms with Crippen LogP contribution in [0.1, 0.15) is 18.5 Å². The molecule has 1 fully saturated rings. The monoisotopic (exact) mass is 342 g/mol. The molecule has 0 aliphatic carbocycles. The average molecular weight is 342 g/mol. The van der Waals surface area contributed by atoms with Crippen LogP contribution in [0.25, 0.3) is 0 Å². The highest BCUT2D eigenvalue weighted by Gasteiger charge is 2.25. The number of hydrogen-bond donors (Lipinski definition) is 0. The Morgan fingerprint density at radius 2 is 1.88 bits per heavy atom. The fourth-order valence-electron chi connectivity index (χ4n) is 3.29. The fraction of sp³-hybridized carbons (Fsp3) is 0.444. The Morgan fingerprint density at radius 1 is 1.08 bits per heavy atom. The van der Waals surface area contributed by atoms with Gasteiger partial charge in [0.05, 0.1) is 7.11 Å². The summed E-state index contributed by atoms with van der Waals surface area (Å²) in [6, 6.07) is 8.29. The summed E-state index contributed by atoms with van der Waals surface area (Å²) in [6.07, 6.45) is 1.74. The highest BCUT2D eigenvalue weighted by molar-refractivity contribution is 5.45. The number of piperazine rings is 1. The molecule has 1 unspecified atom stereocenters. The molecule has 3 heterocycles. The maximum atomic E-state index is 5.50. The van der Waals surface area contributed by atoms with Gasteiger partial charge in [-0.15, -0.1) is 0 Å². The maximum absolute atomic E-state index is 5.50. The number of benzene rings is 1.